The Morgan fingerprint density at radius 1 is 0.867 bits per heavy atom. The monoisotopic (exact) mass is 404 g/mol. The van der Waals surface area contributed by atoms with Crippen molar-refractivity contribution in [3.63, 3.8) is 0 Å². The van der Waals surface area contributed by atoms with Gasteiger partial charge in [-0.05, 0) is 18.4 Å². The fourth-order valence-electron chi connectivity index (χ4n) is 3.48. The number of hydrogen-bond acceptors (Lipinski definition) is 4. The number of benzene rings is 2. The number of nitrogens with zero attached hydrogens (tertiary/aromatic N) is 2. The smallest absolute Gasteiger partial charge is 0.348 e. The third-order valence-corrected chi connectivity index (χ3v) is 5.13. The molecule has 0 saturated carbocycles. The number of aromatic nitrogens is 2. The number of carbonyl (C=O) groups is 1. The molecule has 0 bridgehead atoms. The van der Waals surface area contributed by atoms with E-state index in [0.717, 1.165) is 48.8 Å². The molecule has 0 amide bonds. The molecule has 0 N–H and O–H groups in total. The molecule has 0 spiro atoms. The number of hydrogen-bond donors (Lipinski definition) is 0. The summed E-state index contributed by atoms with van der Waals surface area (Å²) in [5.74, 6) is -0.153. The summed E-state index contributed by atoms with van der Waals surface area (Å²) in [7, 11) is 1.42. The predicted octanol–water partition coefficient (Wildman–Crippen LogP) is 5.09. The molecule has 1 heterocycles. The van der Waals surface area contributed by atoms with E-state index >= 15 is 0 Å². The Labute approximate surface area is 177 Å². The number of aryl methyl sites for hydroxylation is 1. The van der Waals surface area contributed by atoms with E-state index in [1.165, 1.54) is 7.11 Å². The maximum atomic E-state index is 12.7. The Bertz CT molecular complexity index is 998. The van der Waals surface area contributed by atoms with E-state index in [0.29, 0.717) is 18.7 Å². The SMILES string of the molecule is COC(=O)CCCCCCCn1cc(-c2ccccc2)c(-c2ccccc2)nc1=O. The van der Waals surface area contributed by atoms with Gasteiger partial charge in [-0.1, -0.05) is 79.9 Å². The zero-order valence-corrected chi connectivity index (χ0v) is 17.4. The molecule has 0 aliphatic rings. The topological polar surface area (TPSA) is 61.2 Å². The number of methoxy groups -OCH3 is 1. The molecule has 0 atom stereocenters. The van der Waals surface area contributed by atoms with Gasteiger partial charge in [0.1, 0.15) is 0 Å². The quantitative estimate of drug-likeness (QED) is 0.349. The average Bonchev–Trinajstić information content (AvgIpc) is 2.80. The predicted molar refractivity (Wildman–Crippen MR) is 119 cm³/mol. The third kappa shape index (κ3) is 5.89. The minimum absolute atomic E-state index is 0.153. The second kappa shape index (κ2) is 11.1. The van der Waals surface area contributed by atoms with Crippen LogP contribution in [-0.4, -0.2) is 22.6 Å². The molecule has 5 nitrogen and oxygen atoms in total. The summed E-state index contributed by atoms with van der Waals surface area (Å²) >= 11 is 0. The summed E-state index contributed by atoms with van der Waals surface area (Å²) in [6.45, 7) is 0.637. The Balaban J connectivity index is 1.70. The van der Waals surface area contributed by atoms with Gasteiger partial charge >= 0.3 is 11.7 Å². The first kappa shape index (κ1) is 21.5. The highest BCUT2D eigenvalue weighted by molar-refractivity contribution is 5.79. The second-order valence-electron chi connectivity index (χ2n) is 7.31. The molecular weight excluding hydrogens is 376 g/mol. The highest BCUT2D eigenvalue weighted by Crippen LogP contribution is 2.29. The second-order valence-corrected chi connectivity index (χ2v) is 7.31. The van der Waals surface area contributed by atoms with Gasteiger partial charge in [0.05, 0.1) is 12.8 Å². The molecule has 2 aromatic carbocycles. The Morgan fingerprint density at radius 3 is 2.13 bits per heavy atom. The standard InChI is InChI=1S/C25H28N2O3/c1-30-23(28)17-11-3-2-4-12-18-27-19-22(20-13-7-5-8-14-20)24(26-25(27)29)21-15-9-6-10-16-21/h5-10,13-16,19H,2-4,11-12,17-18H2,1H3. The van der Waals surface area contributed by atoms with Crippen LogP contribution in [0.25, 0.3) is 22.4 Å². The number of rotatable bonds is 10. The molecule has 5 heteroatoms. The van der Waals surface area contributed by atoms with Crippen molar-refractivity contribution in [3.05, 3.63) is 77.3 Å². The number of esters is 1. The van der Waals surface area contributed by atoms with E-state index in [9.17, 15) is 9.59 Å². The first-order valence-electron chi connectivity index (χ1n) is 10.5. The van der Waals surface area contributed by atoms with E-state index in [4.69, 9.17) is 0 Å². The van der Waals surface area contributed by atoms with Crippen LogP contribution < -0.4 is 5.69 Å². The Kier molecular flexibility index (Phi) is 7.95. The summed E-state index contributed by atoms with van der Waals surface area (Å²) in [6, 6.07) is 19.9. The molecule has 0 unspecified atom stereocenters. The van der Waals surface area contributed by atoms with Crippen LogP contribution in [0, 0.1) is 0 Å². The third-order valence-electron chi connectivity index (χ3n) is 5.13. The van der Waals surface area contributed by atoms with Gasteiger partial charge in [0.15, 0.2) is 0 Å². The van der Waals surface area contributed by atoms with Gasteiger partial charge in [-0.3, -0.25) is 9.36 Å². The van der Waals surface area contributed by atoms with E-state index in [1.54, 1.807) is 4.57 Å². The molecular formula is C25H28N2O3. The van der Waals surface area contributed by atoms with Gasteiger partial charge in [0.25, 0.3) is 0 Å². The summed E-state index contributed by atoms with van der Waals surface area (Å²) in [5, 5.41) is 0. The van der Waals surface area contributed by atoms with Gasteiger partial charge < -0.3 is 4.74 Å². The van der Waals surface area contributed by atoms with Crippen molar-refractivity contribution < 1.29 is 9.53 Å². The van der Waals surface area contributed by atoms with Crippen LogP contribution in [0.5, 0.6) is 0 Å². The Hall–Kier alpha value is -3.21. The van der Waals surface area contributed by atoms with Gasteiger partial charge in [-0.15, -0.1) is 0 Å². The fourth-order valence-corrected chi connectivity index (χ4v) is 3.48. The van der Waals surface area contributed by atoms with Gasteiger partial charge in [0.2, 0.25) is 0 Å². The first-order chi connectivity index (χ1) is 14.7. The fraction of sp³-hybridized carbons (Fsp3) is 0.320. The van der Waals surface area contributed by atoms with Crippen LogP contribution in [0.4, 0.5) is 0 Å². The lowest BCUT2D eigenvalue weighted by Crippen LogP contribution is -2.23. The Morgan fingerprint density at radius 2 is 1.47 bits per heavy atom. The minimum atomic E-state index is -0.223. The zero-order valence-electron chi connectivity index (χ0n) is 17.4. The molecule has 0 radical (unpaired) electrons. The number of ether oxygens (including phenoxy) is 1. The summed E-state index contributed by atoms with van der Waals surface area (Å²) in [5.41, 5.74) is 3.43. The van der Waals surface area contributed by atoms with Crippen molar-refractivity contribution >= 4 is 5.97 Å². The number of unbranched alkanes of at least 4 members (excludes halogenated alkanes) is 4. The van der Waals surface area contributed by atoms with Crippen molar-refractivity contribution in [3.8, 4) is 22.4 Å². The molecule has 3 aromatic rings. The van der Waals surface area contributed by atoms with Crippen molar-refractivity contribution in [1.82, 2.24) is 9.55 Å². The normalized spacial score (nSPS) is 10.7. The van der Waals surface area contributed by atoms with Gasteiger partial charge in [0, 0.05) is 30.3 Å². The van der Waals surface area contributed by atoms with Crippen molar-refractivity contribution in [2.24, 2.45) is 0 Å². The van der Waals surface area contributed by atoms with Crippen LogP contribution in [0.1, 0.15) is 38.5 Å². The summed E-state index contributed by atoms with van der Waals surface area (Å²) in [6.07, 6.45) is 7.19. The van der Waals surface area contributed by atoms with E-state index in [-0.39, 0.29) is 11.7 Å². The highest BCUT2D eigenvalue weighted by atomic mass is 16.5. The van der Waals surface area contributed by atoms with Crippen LogP contribution in [0.3, 0.4) is 0 Å². The van der Waals surface area contributed by atoms with E-state index in [1.807, 2.05) is 66.9 Å². The van der Waals surface area contributed by atoms with Crippen LogP contribution in [-0.2, 0) is 16.1 Å². The molecule has 0 saturated heterocycles. The van der Waals surface area contributed by atoms with Crippen molar-refractivity contribution in [2.75, 3.05) is 7.11 Å². The molecule has 1 aromatic heterocycles. The van der Waals surface area contributed by atoms with Crippen molar-refractivity contribution in [1.29, 1.82) is 0 Å². The van der Waals surface area contributed by atoms with Gasteiger partial charge in [-0.25, -0.2) is 4.79 Å². The molecule has 156 valence electrons. The van der Waals surface area contributed by atoms with Crippen LogP contribution in [0.15, 0.2) is 71.7 Å². The summed E-state index contributed by atoms with van der Waals surface area (Å²) < 4.78 is 6.37. The molecule has 0 fully saturated rings. The molecule has 3 rings (SSSR count). The molecule has 0 aliphatic heterocycles. The first-order valence-corrected chi connectivity index (χ1v) is 10.5. The van der Waals surface area contributed by atoms with Crippen molar-refractivity contribution in [2.45, 2.75) is 45.1 Å². The molecule has 0 aliphatic carbocycles. The highest BCUT2D eigenvalue weighted by Gasteiger charge is 2.12. The van der Waals surface area contributed by atoms with Gasteiger partial charge in [-0.2, -0.15) is 4.98 Å². The lowest BCUT2D eigenvalue weighted by Gasteiger charge is -2.13. The number of carbonyl (C=O) groups excluding carboxylic acids is 1. The van der Waals surface area contributed by atoms with E-state index in [2.05, 4.69) is 9.72 Å². The zero-order chi connectivity index (χ0) is 21.2. The maximum absolute atomic E-state index is 12.7. The largest absolute Gasteiger partial charge is 0.469 e. The van der Waals surface area contributed by atoms with Crippen LogP contribution >= 0.6 is 0 Å². The summed E-state index contributed by atoms with van der Waals surface area (Å²) in [4.78, 5) is 28.2. The lowest BCUT2D eigenvalue weighted by molar-refractivity contribution is -0.140. The maximum Gasteiger partial charge on any atom is 0.348 e. The van der Waals surface area contributed by atoms with E-state index < -0.39 is 0 Å². The average molecular weight is 405 g/mol. The molecule has 30 heavy (non-hydrogen) atoms. The van der Waals surface area contributed by atoms with Crippen LogP contribution in [0.2, 0.25) is 0 Å². The lowest BCUT2D eigenvalue weighted by atomic mass is 10.0. The minimum Gasteiger partial charge on any atom is -0.469 e.